The van der Waals surface area contributed by atoms with Crippen molar-refractivity contribution in [3.05, 3.63) is 65.5 Å². The Balaban J connectivity index is 1.46. The molecule has 10 heteroatoms. The quantitative estimate of drug-likeness (QED) is 0.418. The number of carbonyl (C=O) groups is 1. The normalized spacial score (nSPS) is 18.1. The highest BCUT2D eigenvalue weighted by atomic mass is 16.5. The third-order valence-electron chi connectivity index (χ3n) is 7.62. The number of carbonyl (C=O) groups excluding carboxylic acids is 1. The van der Waals surface area contributed by atoms with E-state index in [1.165, 1.54) is 5.56 Å². The lowest BCUT2D eigenvalue weighted by atomic mass is 10.0. The Bertz CT molecular complexity index is 1460. The van der Waals surface area contributed by atoms with Crippen LogP contribution in [0, 0.1) is 13.8 Å². The van der Waals surface area contributed by atoms with Crippen LogP contribution in [0.3, 0.4) is 0 Å². The van der Waals surface area contributed by atoms with Gasteiger partial charge in [-0.05, 0) is 37.1 Å². The molecule has 1 atom stereocenters. The van der Waals surface area contributed by atoms with Crippen molar-refractivity contribution >= 4 is 28.6 Å². The molecular formula is C29H32N6O4. The number of piperazine rings is 1. The molecule has 0 aliphatic carbocycles. The van der Waals surface area contributed by atoms with Gasteiger partial charge in [0.2, 0.25) is 11.9 Å². The van der Waals surface area contributed by atoms with Crippen LogP contribution in [0.5, 0.6) is 0 Å². The second-order valence-corrected chi connectivity index (χ2v) is 10.00. The highest BCUT2D eigenvalue weighted by Crippen LogP contribution is 2.37. The first-order valence-corrected chi connectivity index (χ1v) is 13.3. The van der Waals surface area contributed by atoms with Crippen molar-refractivity contribution in [1.82, 2.24) is 20.0 Å². The second kappa shape index (κ2) is 10.6. The number of aryl methyl sites for hydroxylation is 2. The predicted octanol–water partition coefficient (Wildman–Crippen LogP) is 3.12. The van der Waals surface area contributed by atoms with E-state index in [9.17, 15) is 9.90 Å². The van der Waals surface area contributed by atoms with Gasteiger partial charge in [-0.2, -0.15) is 4.98 Å². The van der Waals surface area contributed by atoms with Gasteiger partial charge in [0.05, 0.1) is 30.5 Å². The number of rotatable bonds is 5. The molecule has 2 aliphatic heterocycles. The number of ether oxygens (including phenoxy) is 1. The van der Waals surface area contributed by atoms with Gasteiger partial charge in [-0.3, -0.25) is 4.79 Å². The fourth-order valence-corrected chi connectivity index (χ4v) is 5.58. The fourth-order valence-electron chi connectivity index (χ4n) is 5.58. The molecular weight excluding hydrogens is 496 g/mol. The van der Waals surface area contributed by atoms with E-state index < -0.39 is 6.61 Å². The topological polar surface area (TPSA) is 108 Å². The molecule has 1 unspecified atom stereocenters. The zero-order valence-electron chi connectivity index (χ0n) is 22.2. The Kier molecular flexibility index (Phi) is 6.88. The monoisotopic (exact) mass is 528 g/mol. The van der Waals surface area contributed by atoms with Gasteiger partial charge in [0.25, 0.3) is 0 Å². The first-order chi connectivity index (χ1) is 19.0. The number of morpholine rings is 1. The van der Waals surface area contributed by atoms with Gasteiger partial charge in [0.1, 0.15) is 18.2 Å². The minimum Gasteiger partial charge on any atom is -0.387 e. The molecule has 1 N–H and O–H groups in total. The molecule has 39 heavy (non-hydrogen) atoms. The summed E-state index contributed by atoms with van der Waals surface area (Å²) in [5.74, 6) is 2.02. The first-order valence-electron chi connectivity index (χ1n) is 13.3. The van der Waals surface area contributed by atoms with Crippen molar-refractivity contribution in [1.29, 1.82) is 0 Å². The Hall–Kier alpha value is -4.02. The maximum atomic E-state index is 12.0. The van der Waals surface area contributed by atoms with Crippen LogP contribution in [0.4, 0.5) is 11.8 Å². The summed E-state index contributed by atoms with van der Waals surface area (Å²) in [5.41, 5.74) is 4.85. The molecule has 1 amide bonds. The number of anilines is 2. The number of nitrogens with zero attached hydrogens (tertiary/aromatic N) is 6. The number of fused-ring (bicyclic) bond motifs is 1. The first kappa shape index (κ1) is 25.3. The van der Waals surface area contributed by atoms with E-state index in [4.69, 9.17) is 19.2 Å². The summed E-state index contributed by atoms with van der Waals surface area (Å²) in [6.07, 6.45) is 0. The molecule has 0 spiro atoms. The van der Waals surface area contributed by atoms with Gasteiger partial charge in [0, 0.05) is 43.7 Å². The molecule has 2 fully saturated rings. The van der Waals surface area contributed by atoms with Gasteiger partial charge < -0.3 is 29.1 Å². The van der Waals surface area contributed by atoms with E-state index in [0.29, 0.717) is 51.9 Å². The Labute approximate surface area is 226 Å². The number of hydrogen-bond donors (Lipinski definition) is 1. The van der Waals surface area contributed by atoms with Gasteiger partial charge in [-0.1, -0.05) is 41.6 Å². The summed E-state index contributed by atoms with van der Waals surface area (Å²) in [4.78, 5) is 28.3. The fraction of sp³-hybridized carbons (Fsp3) is 0.379. The van der Waals surface area contributed by atoms with Gasteiger partial charge in [-0.15, -0.1) is 0 Å². The summed E-state index contributed by atoms with van der Waals surface area (Å²) < 4.78 is 11.4. The van der Waals surface area contributed by atoms with Crippen LogP contribution in [-0.4, -0.2) is 83.6 Å². The average molecular weight is 529 g/mol. The predicted molar refractivity (Wildman–Crippen MR) is 148 cm³/mol. The van der Waals surface area contributed by atoms with Crippen LogP contribution < -0.4 is 9.80 Å². The minimum absolute atomic E-state index is 0.00708. The Morgan fingerprint density at radius 2 is 1.82 bits per heavy atom. The van der Waals surface area contributed by atoms with E-state index in [0.717, 1.165) is 39.3 Å². The maximum absolute atomic E-state index is 12.0. The van der Waals surface area contributed by atoms with Gasteiger partial charge in [0.15, 0.2) is 0 Å². The van der Waals surface area contributed by atoms with Crippen LogP contribution >= 0.6 is 0 Å². The van der Waals surface area contributed by atoms with Crippen molar-refractivity contribution in [2.24, 2.45) is 0 Å². The van der Waals surface area contributed by atoms with E-state index in [1.807, 2.05) is 38.1 Å². The number of aliphatic hydroxyl groups is 1. The molecule has 2 aromatic heterocycles. The number of amides is 1. The lowest BCUT2D eigenvalue weighted by Gasteiger charge is -2.38. The zero-order chi connectivity index (χ0) is 26.9. The highest BCUT2D eigenvalue weighted by molar-refractivity contribution is 5.94. The molecule has 2 aliphatic rings. The lowest BCUT2D eigenvalue weighted by Crippen LogP contribution is -2.50. The van der Waals surface area contributed by atoms with E-state index in [-0.39, 0.29) is 11.9 Å². The molecule has 4 heterocycles. The van der Waals surface area contributed by atoms with Gasteiger partial charge in [-0.25, -0.2) is 4.98 Å². The van der Waals surface area contributed by atoms with Crippen LogP contribution in [0.15, 0.2) is 53.1 Å². The largest absolute Gasteiger partial charge is 0.387 e. The van der Waals surface area contributed by atoms with Crippen LogP contribution in [-0.2, 0) is 9.53 Å². The molecule has 0 radical (unpaired) electrons. The molecule has 6 rings (SSSR count). The van der Waals surface area contributed by atoms with Crippen molar-refractivity contribution in [3.8, 4) is 11.1 Å². The number of benzene rings is 2. The number of aromatic nitrogens is 3. The second-order valence-electron chi connectivity index (χ2n) is 10.00. The Morgan fingerprint density at radius 3 is 2.54 bits per heavy atom. The van der Waals surface area contributed by atoms with Crippen molar-refractivity contribution in [2.75, 3.05) is 62.3 Å². The molecule has 2 aromatic carbocycles. The van der Waals surface area contributed by atoms with Crippen molar-refractivity contribution in [2.45, 2.75) is 19.9 Å². The maximum Gasteiger partial charge on any atom is 0.248 e. The van der Waals surface area contributed by atoms with Gasteiger partial charge >= 0.3 is 0 Å². The molecule has 202 valence electrons. The van der Waals surface area contributed by atoms with E-state index >= 15 is 0 Å². The van der Waals surface area contributed by atoms with Crippen LogP contribution in [0.25, 0.3) is 22.0 Å². The summed E-state index contributed by atoms with van der Waals surface area (Å²) in [5, 5.41) is 14.4. The minimum atomic E-state index is -0.470. The molecule has 2 saturated heterocycles. The van der Waals surface area contributed by atoms with E-state index in [1.54, 1.807) is 4.90 Å². The molecule has 0 saturated carbocycles. The van der Waals surface area contributed by atoms with E-state index in [2.05, 4.69) is 39.2 Å². The summed E-state index contributed by atoms with van der Waals surface area (Å²) in [6.45, 7) is 7.50. The van der Waals surface area contributed by atoms with Crippen molar-refractivity contribution < 1.29 is 19.2 Å². The highest BCUT2D eigenvalue weighted by Gasteiger charge is 2.30. The molecule has 0 bridgehead atoms. The Morgan fingerprint density at radius 1 is 1.03 bits per heavy atom. The standard InChI is InChI=1S/C29H32N6O4/c1-19-27(20(2)39-32-19)22-8-9-24-23(16-22)28(35-14-15-38-18-25(35)21-6-4-3-5-7-21)31-29(30-24)34-12-10-33(11-13-34)26(37)17-36/h3-9,16,25,36H,10-15,17-18H2,1-2H3. The van der Waals surface area contributed by atoms with Crippen molar-refractivity contribution in [3.63, 3.8) is 0 Å². The number of hydrogen-bond acceptors (Lipinski definition) is 9. The van der Waals surface area contributed by atoms with Crippen LogP contribution in [0.1, 0.15) is 23.1 Å². The third kappa shape index (κ3) is 4.81. The molecule has 4 aromatic rings. The average Bonchev–Trinajstić information content (AvgIpc) is 3.33. The molecule has 10 nitrogen and oxygen atoms in total. The zero-order valence-corrected chi connectivity index (χ0v) is 22.2. The summed E-state index contributed by atoms with van der Waals surface area (Å²) >= 11 is 0. The summed E-state index contributed by atoms with van der Waals surface area (Å²) in [7, 11) is 0. The number of aliphatic hydroxyl groups excluding tert-OH is 1. The lowest BCUT2D eigenvalue weighted by molar-refractivity contribution is -0.134. The summed E-state index contributed by atoms with van der Waals surface area (Å²) in [6, 6.07) is 16.6. The SMILES string of the molecule is Cc1noc(C)c1-c1ccc2nc(N3CCN(C(=O)CO)CC3)nc(N3CCOCC3c3ccccc3)c2c1. The third-order valence-corrected chi connectivity index (χ3v) is 7.62. The van der Waals surface area contributed by atoms with Crippen LogP contribution in [0.2, 0.25) is 0 Å². The smallest absolute Gasteiger partial charge is 0.248 e.